The number of rotatable bonds is 16. The van der Waals surface area contributed by atoms with Gasteiger partial charge in [0.2, 0.25) is 0 Å². The van der Waals surface area contributed by atoms with Crippen LogP contribution < -0.4 is 28.4 Å². The zero-order valence-corrected chi connectivity index (χ0v) is 33.5. The maximum Gasteiger partial charge on any atom is 0.347 e. The molecule has 316 valence electrons. The lowest BCUT2D eigenvalue weighted by molar-refractivity contribution is -0.121. The number of ketones is 2. The van der Waals surface area contributed by atoms with Gasteiger partial charge in [-0.25, -0.2) is 19.2 Å². The molecule has 0 fully saturated rings. The van der Waals surface area contributed by atoms with E-state index in [1.165, 1.54) is 111 Å². The zero-order chi connectivity index (χ0) is 44.9. The first-order valence-electron chi connectivity index (χ1n) is 18.8. The maximum atomic E-state index is 13.2. The van der Waals surface area contributed by atoms with Gasteiger partial charge in [0.05, 0.1) is 20.6 Å². The SMILES string of the molecule is COc1cc(/C=C/C(=O)CC(=O)/C=C/c2ccc(OC(=O)c3ccccc3OC(=O)c3ccccc3O)c(OC)c2)ccc1OC(=O)c1ccccc1OC(=O)c1ccccc1O. The molecule has 14 heteroatoms. The highest BCUT2D eigenvalue weighted by molar-refractivity contribution is 6.11. The highest BCUT2D eigenvalue weighted by Crippen LogP contribution is 2.33. The lowest BCUT2D eigenvalue weighted by Gasteiger charge is -2.12. The molecule has 0 saturated heterocycles. The van der Waals surface area contributed by atoms with Crippen LogP contribution in [0.1, 0.15) is 59.0 Å². The Morgan fingerprint density at radius 3 is 1.13 bits per heavy atom. The summed E-state index contributed by atoms with van der Waals surface area (Å²) in [6.07, 6.45) is 4.91. The Balaban J connectivity index is 1.04. The fourth-order valence-electron chi connectivity index (χ4n) is 5.77. The van der Waals surface area contributed by atoms with Crippen LogP contribution in [0.4, 0.5) is 0 Å². The third-order valence-electron chi connectivity index (χ3n) is 8.92. The fourth-order valence-corrected chi connectivity index (χ4v) is 5.77. The van der Waals surface area contributed by atoms with E-state index in [1.807, 2.05) is 0 Å². The second-order valence-corrected chi connectivity index (χ2v) is 13.2. The third-order valence-corrected chi connectivity index (χ3v) is 8.92. The number of allylic oxidation sites excluding steroid dienone is 2. The predicted molar refractivity (Wildman–Crippen MR) is 228 cm³/mol. The van der Waals surface area contributed by atoms with Crippen LogP contribution in [0.2, 0.25) is 0 Å². The van der Waals surface area contributed by atoms with Crippen molar-refractivity contribution < 1.29 is 67.4 Å². The number of hydrogen-bond acceptors (Lipinski definition) is 14. The van der Waals surface area contributed by atoms with Crippen LogP contribution in [-0.2, 0) is 9.59 Å². The topological polar surface area (TPSA) is 198 Å². The number of carbonyl (C=O) groups excluding carboxylic acids is 6. The standard InChI is InChI=1S/C49H36O14/c1-58-44-27-30(21-25-42(44)62-48(56)36-13-5-9-17-40(36)60-46(54)34-11-3-7-15-38(34)52)19-23-32(50)29-33(51)24-20-31-22-26-43(45(28-31)59-2)63-49(57)37-14-6-10-18-41(37)61-47(55)35-12-4-8-16-39(35)53/h3-28,52-53H,29H2,1-2H3/b23-19+,24-20+. The summed E-state index contributed by atoms with van der Waals surface area (Å²) in [7, 11) is 2.71. The Hall–Kier alpha value is -8.78. The largest absolute Gasteiger partial charge is 0.507 e. The van der Waals surface area contributed by atoms with Gasteiger partial charge in [-0.2, -0.15) is 0 Å². The molecule has 14 nitrogen and oxygen atoms in total. The van der Waals surface area contributed by atoms with Crippen molar-refractivity contribution in [1.29, 1.82) is 0 Å². The van der Waals surface area contributed by atoms with Crippen molar-refractivity contribution in [2.45, 2.75) is 6.42 Å². The van der Waals surface area contributed by atoms with Crippen LogP contribution in [-0.4, -0.2) is 59.9 Å². The average Bonchev–Trinajstić information content (AvgIpc) is 3.28. The van der Waals surface area contributed by atoms with Crippen molar-refractivity contribution >= 4 is 47.6 Å². The smallest absolute Gasteiger partial charge is 0.347 e. The molecule has 6 aromatic carbocycles. The third kappa shape index (κ3) is 11.3. The minimum Gasteiger partial charge on any atom is -0.507 e. The molecule has 6 rings (SSSR count). The van der Waals surface area contributed by atoms with Gasteiger partial charge < -0.3 is 38.6 Å². The first-order valence-corrected chi connectivity index (χ1v) is 18.8. The van der Waals surface area contributed by atoms with Crippen molar-refractivity contribution in [3.63, 3.8) is 0 Å². The molecule has 0 aliphatic rings. The number of aromatic hydroxyl groups is 2. The molecule has 0 unspecified atom stereocenters. The number of para-hydroxylation sites is 4. The van der Waals surface area contributed by atoms with Crippen LogP contribution in [0.5, 0.6) is 46.0 Å². The maximum absolute atomic E-state index is 13.2. The van der Waals surface area contributed by atoms with Gasteiger partial charge in [0.25, 0.3) is 0 Å². The van der Waals surface area contributed by atoms with E-state index >= 15 is 0 Å². The van der Waals surface area contributed by atoms with Crippen LogP contribution in [0, 0.1) is 0 Å². The zero-order valence-electron chi connectivity index (χ0n) is 33.5. The first-order chi connectivity index (χ1) is 30.4. The van der Waals surface area contributed by atoms with Crippen LogP contribution in [0.15, 0.2) is 146 Å². The summed E-state index contributed by atoms with van der Waals surface area (Å²) in [5, 5.41) is 20.0. The Kier molecular flexibility index (Phi) is 14.2. The minimum absolute atomic E-state index is 0.0330. The molecule has 0 atom stereocenters. The molecule has 63 heavy (non-hydrogen) atoms. The number of methoxy groups -OCH3 is 2. The number of benzene rings is 6. The number of hydrogen-bond donors (Lipinski definition) is 2. The second kappa shape index (κ2) is 20.5. The molecular weight excluding hydrogens is 813 g/mol. The van der Waals surface area contributed by atoms with Gasteiger partial charge in [0, 0.05) is 0 Å². The highest BCUT2D eigenvalue weighted by atomic mass is 16.6. The van der Waals surface area contributed by atoms with E-state index in [4.69, 9.17) is 28.4 Å². The second-order valence-electron chi connectivity index (χ2n) is 13.2. The van der Waals surface area contributed by atoms with Gasteiger partial charge in [-0.1, -0.05) is 72.8 Å². The molecule has 0 amide bonds. The molecule has 0 saturated carbocycles. The van der Waals surface area contributed by atoms with Crippen LogP contribution in [0.3, 0.4) is 0 Å². The number of esters is 4. The number of phenols is 2. The summed E-state index contributed by atoms with van der Waals surface area (Å²) in [6.45, 7) is 0. The summed E-state index contributed by atoms with van der Waals surface area (Å²) in [6, 6.07) is 32.5. The van der Waals surface area contributed by atoms with Gasteiger partial charge in [-0.05, 0) is 96.1 Å². The average molecular weight is 849 g/mol. The summed E-state index contributed by atoms with van der Waals surface area (Å²) < 4.78 is 32.7. The number of phenolic OH excluding ortho intramolecular Hbond substituents is 2. The Morgan fingerprint density at radius 2 is 0.746 bits per heavy atom. The van der Waals surface area contributed by atoms with Crippen molar-refractivity contribution in [3.8, 4) is 46.0 Å². The van der Waals surface area contributed by atoms with Crippen molar-refractivity contribution in [3.05, 3.63) is 179 Å². The Labute approximate surface area is 359 Å². The lowest BCUT2D eigenvalue weighted by atomic mass is 10.1. The summed E-state index contributed by atoms with van der Waals surface area (Å²) in [4.78, 5) is 77.2. The van der Waals surface area contributed by atoms with E-state index in [1.54, 1.807) is 60.7 Å². The quantitative estimate of drug-likeness (QED) is 0.0408. The highest BCUT2D eigenvalue weighted by Gasteiger charge is 2.23. The number of carbonyl (C=O) groups is 6. The molecule has 0 spiro atoms. The van der Waals surface area contributed by atoms with Gasteiger partial charge in [-0.3, -0.25) is 9.59 Å². The van der Waals surface area contributed by atoms with E-state index in [0.717, 1.165) is 0 Å². The molecule has 6 aromatic rings. The minimum atomic E-state index is -0.876. The monoisotopic (exact) mass is 848 g/mol. The van der Waals surface area contributed by atoms with Crippen molar-refractivity contribution in [2.75, 3.05) is 14.2 Å². The van der Waals surface area contributed by atoms with Gasteiger partial charge in [-0.15, -0.1) is 0 Å². The fraction of sp³-hybridized carbons (Fsp3) is 0.0612. The molecule has 0 heterocycles. The predicted octanol–water partition coefficient (Wildman–Crippen LogP) is 8.25. The molecule has 0 aliphatic heterocycles. The molecular formula is C49H36O14. The first kappa shape index (κ1) is 43.8. The summed E-state index contributed by atoms with van der Waals surface area (Å²) >= 11 is 0. The molecule has 0 radical (unpaired) electrons. The van der Waals surface area contributed by atoms with Gasteiger partial charge >= 0.3 is 23.9 Å². The van der Waals surface area contributed by atoms with E-state index in [0.29, 0.717) is 11.1 Å². The summed E-state index contributed by atoms with van der Waals surface area (Å²) in [5.41, 5.74) is 0.666. The van der Waals surface area contributed by atoms with Crippen LogP contribution >= 0.6 is 0 Å². The van der Waals surface area contributed by atoms with Gasteiger partial charge in [0.1, 0.15) is 45.3 Å². The molecule has 0 bridgehead atoms. The van der Waals surface area contributed by atoms with E-state index in [2.05, 4.69) is 0 Å². The Morgan fingerprint density at radius 1 is 0.413 bits per heavy atom. The molecule has 2 N–H and O–H groups in total. The van der Waals surface area contributed by atoms with Crippen LogP contribution in [0.25, 0.3) is 12.2 Å². The van der Waals surface area contributed by atoms with Crippen molar-refractivity contribution in [1.82, 2.24) is 0 Å². The van der Waals surface area contributed by atoms with E-state index < -0.39 is 41.9 Å². The summed E-state index contributed by atoms with van der Waals surface area (Å²) in [5.74, 6) is -4.87. The molecule has 0 aliphatic carbocycles. The Bertz CT molecular complexity index is 2590. The van der Waals surface area contributed by atoms with E-state index in [9.17, 15) is 39.0 Å². The van der Waals surface area contributed by atoms with E-state index in [-0.39, 0.29) is 68.2 Å². The lowest BCUT2D eigenvalue weighted by Crippen LogP contribution is -2.15. The molecule has 0 aromatic heterocycles. The van der Waals surface area contributed by atoms with Crippen molar-refractivity contribution in [2.24, 2.45) is 0 Å². The number of ether oxygens (including phenoxy) is 6. The van der Waals surface area contributed by atoms with Gasteiger partial charge in [0.15, 0.2) is 34.6 Å². The normalized spacial score (nSPS) is 10.8.